The van der Waals surface area contributed by atoms with Crippen molar-refractivity contribution >= 4 is 17.2 Å². The first-order chi connectivity index (χ1) is 21.3. The molecule has 0 spiro atoms. The minimum Gasteiger partial charge on any atom is -0.340 e. The molecule has 0 amide bonds. The SMILES string of the molecule is CC(C)c1cccc(C(C)C)c1N=C(C[n+]1ccn(-c2c(C(C)C)cccc2C(C)C)c1)Nc1c(C(C)C)cccc1C(C)C. The number of nitrogens with one attached hydrogen (secondary N) is 1. The van der Waals surface area contributed by atoms with Crippen molar-refractivity contribution < 1.29 is 4.57 Å². The number of anilines is 1. The van der Waals surface area contributed by atoms with Crippen molar-refractivity contribution in [2.45, 2.75) is 125 Å². The van der Waals surface area contributed by atoms with E-state index in [-0.39, 0.29) is 0 Å². The molecule has 0 unspecified atom stereocenters. The molecule has 4 rings (SSSR count). The molecular formula is C41H57N4+. The molecule has 1 heterocycles. The van der Waals surface area contributed by atoms with Gasteiger partial charge in [0.2, 0.25) is 6.33 Å². The van der Waals surface area contributed by atoms with E-state index < -0.39 is 0 Å². The van der Waals surface area contributed by atoms with Gasteiger partial charge in [-0.25, -0.2) is 14.1 Å². The third-order valence-corrected chi connectivity index (χ3v) is 8.86. The molecule has 240 valence electrons. The number of rotatable bonds is 11. The molecule has 0 fully saturated rings. The van der Waals surface area contributed by atoms with Gasteiger partial charge >= 0.3 is 0 Å². The molecule has 4 aromatic rings. The molecule has 4 heteroatoms. The smallest absolute Gasteiger partial charge is 0.249 e. The second-order valence-corrected chi connectivity index (χ2v) is 14.5. The number of benzene rings is 3. The van der Waals surface area contributed by atoms with Gasteiger partial charge in [-0.3, -0.25) is 0 Å². The lowest BCUT2D eigenvalue weighted by atomic mass is 9.92. The number of aliphatic imine (C=N–C) groups is 1. The lowest BCUT2D eigenvalue weighted by Crippen LogP contribution is -2.39. The molecule has 0 aliphatic heterocycles. The number of hydrogen-bond acceptors (Lipinski definition) is 1. The van der Waals surface area contributed by atoms with Gasteiger partial charge in [-0.05, 0) is 57.8 Å². The number of para-hydroxylation sites is 3. The molecule has 0 saturated heterocycles. The Labute approximate surface area is 273 Å². The zero-order chi connectivity index (χ0) is 33.0. The van der Waals surface area contributed by atoms with Crippen molar-refractivity contribution in [3.05, 3.63) is 107 Å². The van der Waals surface area contributed by atoms with E-state index in [1.54, 1.807) is 0 Å². The molecule has 1 aromatic heterocycles. The van der Waals surface area contributed by atoms with Crippen LogP contribution in [0.25, 0.3) is 5.69 Å². The van der Waals surface area contributed by atoms with E-state index in [2.05, 4.69) is 171 Å². The van der Waals surface area contributed by atoms with Crippen LogP contribution in [0.2, 0.25) is 0 Å². The molecule has 0 aliphatic rings. The average molecular weight is 606 g/mol. The number of hydrogen-bond donors (Lipinski definition) is 1. The zero-order valence-electron chi connectivity index (χ0n) is 29.9. The van der Waals surface area contributed by atoms with Crippen LogP contribution in [-0.4, -0.2) is 10.4 Å². The Morgan fingerprint density at radius 1 is 0.600 bits per heavy atom. The van der Waals surface area contributed by atoms with Crippen molar-refractivity contribution in [1.29, 1.82) is 0 Å². The summed E-state index contributed by atoms with van der Waals surface area (Å²) in [6.45, 7) is 27.9. The van der Waals surface area contributed by atoms with Crippen molar-refractivity contribution in [1.82, 2.24) is 4.57 Å². The summed E-state index contributed by atoms with van der Waals surface area (Å²) in [5.41, 5.74) is 11.6. The summed E-state index contributed by atoms with van der Waals surface area (Å²) >= 11 is 0. The maximum Gasteiger partial charge on any atom is 0.249 e. The monoisotopic (exact) mass is 605 g/mol. The summed E-state index contributed by atoms with van der Waals surface area (Å²) in [6.07, 6.45) is 6.63. The van der Waals surface area contributed by atoms with Crippen molar-refractivity contribution in [2.24, 2.45) is 4.99 Å². The van der Waals surface area contributed by atoms with Crippen LogP contribution in [0.1, 0.15) is 152 Å². The summed E-state index contributed by atoms with van der Waals surface area (Å²) in [6, 6.07) is 20.2. The average Bonchev–Trinajstić information content (AvgIpc) is 3.44. The highest BCUT2D eigenvalue weighted by molar-refractivity contribution is 5.98. The van der Waals surface area contributed by atoms with Crippen LogP contribution in [0, 0.1) is 0 Å². The van der Waals surface area contributed by atoms with E-state index in [9.17, 15) is 0 Å². The molecule has 4 nitrogen and oxygen atoms in total. The van der Waals surface area contributed by atoms with Crippen LogP contribution in [0.15, 0.2) is 78.3 Å². The van der Waals surface area contributed by atoms with Crippen LogP contribution in [-0.2, 0) is 6.54 Å². The van der Waals surface area contributed by atoms with Crippen LogP contribution in [0.5, 0.6) is 0 Å². The number of imidazole rings is 1. The molecule has 0 radical (unpaired) electrons. The normalized spacial score (nSPS) is 12.5. The largest absolute Gasteiger partial charge is 0.340 e. The standard InChI is InChI=1S/C41H57N4/c1-26(2)32-16-13-17-33(27(3)4)39(32)42-38(43-40-34(28(5)6)18-14-19-35(40)29(7)8)24-44-22-23-45(25-44)41-36(30(9)10)20-15-21-37(41)31(11)12/h13-23,25-31H,24H2,1-12H3,(H,42,43)/q+1. The molecule has 3 aromatic carbocycles. The van der Waals surface area contributed by atoms with Crippen LogP contribution >= 0.6 is 0 Å². The molecule has 0 atom stereocenters. The Balaban J connectivity index is 1.90. The summed E-state index contributed by atoms with van der Waals surface area (Å²) in [5.74, 6) is 3.32. The minimum atomic E-state index is 0.369. The summed E-state index contributed by atoms with van der Waals surface area (Å²) in [7, 11) is 0. The van der Waals surface area contributed by atoms with Gasteiger partial charge in [0.05, 0.1) is 5.69 Å². The predicted molar refractivity (Wildman–Crippen MR) is 194 cm³/mol. The first-order valence-electron chi connectivity index (χ1n) is 17.1. The zero-order valence-corrected chi connectivity index (χ0v) is 29.9. The van der Waals surface area contributed by atoms with E-state index in [4.69, 9.17) is 4.99 Å². The van der Waals surface area contributed by atoms with Gasteiger partial charge < -0.3 is 5.32 Å². The van der Waals surface area contributed by atoms with Crippen LogP contribution in [0.3, 0.4) is 0 Å². The highest BCUT2D eigenvalue weighted by Gasteiger charge is 2.22. The Morgan fingerprint density at radius 2 is 1.00 bits per heavy atom. The van der Waals surface area contributed by atoms with Gasteiger partial charge in [0.25, 0.3) is 0 Å². The van der Waals surface area contributed by atoms with Gasteiger partial charge in [-0.15, -0.1) is 0 Å². The molecule has 45 heavy (non-hydrogen) atoms. The summed E-state index contributed by atoms with van der Waals surface area (Å²) in [5, 5.41) is 3.94. The Morgan fingerprint density at radius 3 is 1.42 bits per heavy atom. The maximum absolute atomic E-state index is 5.54. The topological polar surface area (TPSA) is 33.2 Å². The van der Waals surface area contributed by atoms with E-state index in [0.29, 0.717) is 42.1 Å². The first-order valence-corrected chi connectivity index (χ1v) is 17.1. The number of amidine groups is 1. The van der Waals surface area contributed by atoms with Gasteiger partial charge in [-0.1, -0.05) is 138 Å². The fourth-order valence-electron chi connectivity index (χ4n) is 6.32. The number of aromatic nitrogens is 2. The van der Waals surface area contributed by atoms with Crippen molar-refractivity contribution in [3.63, 3.8) is 0 Å². The van der Waals surface area contributed by atoms with Gasteiger partial charge in [0.15, 0.2) is 0 Å². The van der Waals surface area contributed by atoms with Gasteiger partial charge in [0, 0.05) is 16.8 Å². The van der Waals surface area contributed by atoms with Gasteiger partial charge in [-0.2, -0.15) is 0 Å². The fraction of sp³-hybridized carbons (Fsp3) is 0.463. The lowest BCUT2D eigenvalue weighted by molar-refractivity contribution is -0.681. The van der Waals surface area contributed by atoms with E-state index in [1.807, 2.05) is 0 Å². The third-order valence-electron chi connectivity index (χ3n) is 8.86. The fourth-order valence-corrected chi connectivity index (χ4v) is 6.32. The second-order valence-electron chi connectivity index (χ2n) is 14.5. The van der Waals surface area contributed by atoms with E-state index in [0.717, 1.165) is 11.5 Å². The number of nitrogens with zero attached hydrogens (tertiary/aromatic N) is 3. The highest BCUT2D eigenvalue weighted by Crippen LogP contribution is 2.37. The molecule has 1 N–H and O–H groups in total. The predicted octanol–water partition coefficient (Wildman–Crippen LogP) is 11.3. The van der Waals surface area contributed by atoms with Crippen LogP contribution < -0.4 is 9.88 Å². The second kappa shape index (κ2) is 14.6. The lowest BCUT2D eigenvalue weighted by Gasteiger charge is -2.22. The molecule has 0 saturated carbocycles. The van der Waals surface area contributed by atoms with E-state index >= 15 is 0 Å². The Hall–Kier alpha value is -3.66. The Bertz CT molecular complexity index is 1540. The first kappa shape index (κ1) is 34.2. The molecule has 0 aliphatic carbocycles. The Kier molecular flexibility index (Phi) is 11.1. The van der Waals surface area contributed by atoms with E-state index in [1.165, 1.54) is 44.8 Å². The molecular weight excluding hydrogens is 548 g/mol. The minimum absolute atomic E-state index is 0.369. The molecule has 0 bridgehead atoms. The summed E-state index contributed by atoms with van der Waals surface area (Å²) < 4.78 is 4.58. The van der Waals surface area contributed by atoms with Crippen molar-refractivity contribution in [3.8, 4) is 5.69 Å². The third kappa shape index (κ3) is 7.77. The van der Waals surface area contributed by atoms with Crippen LogP contribution in [0.4, 0.5) is 11.4 Å². The summed E-state index contributed by atoms with van der Waals surface area (Å²) in [4.78, 5) is 5.54. The highest BCUT2D eigenvalue weighted by atomic mass is 15.1. The maximum atomic E-state index is 5.54. The van der Waals surface area contributed by atoms with Gasteiger partial charge in [0.1, 0.15) is 30.5 Å². The van der Waals surface area contributed by atoms with Crippen molar-refractivity contribution in [2.75, 3.05) is 5.32 Å². The quantitative estimate of drug-likeness (QED) is 0.103.